The number of benzene rings is 1. The van der Waals surface area contributed by atoms with Crippen molar-refractivity contribution in [3.8, 4) is 0 Å². The van der Waals surface area contributed by atoms with E-state index >= 15 is 0 Å². The normalized spacial score (nSPS) is 37.8. The Morgan fingerprint density at radius 2 is 1.89 bits per heavy atom. The summed E-state index contributed by atoms with van der Waals surface area (Å²) in [4.78, 5) is 2.64. The Hall–Kier alpha value is -0.860. The van der Waals surface area contributed by atoms with Crippen LogP contribution in [0.15, 0.2) is 24.3 Å². The highest BCUT2D eigenvalue weighted by Gasteiger charge is 2.36. The maximum absolute atomic E-state index is 3.96. The van der Waals surface area contributed by atoms with Crippen LogP contribution < -0.4 is 5.32 Å². The second kappa shape index (κ2) is 4.36. The van der Waals surface area contributed by atoms with Crippen LogP contribution in [0.1, 0.15) is 36.4 Å². The molecule has 1 N–H and O–H groups in total. The van der Waals surface area contributed by atoms with Crippen LogP contribution in [-0.4, -0.2) is 30.6 Å². The molecule has 0 amide bonds. The van der Waals surface area contributed by atoms with Gasteiger partial charge in [-0.1, -0.05) is 24.3 Å². The zero-order valence-corrected chi connectivity index (χ0v) is 10.9. The van der Waals surface area contributed by atoms with Crippen LogP contribution in [0.5, 0.6) is 0 Å². The molecule has 2 bridgehead atoms. The van der Waals surface area contributed by atoms with Gasteiger partial charge in [0.2, 0.25) is 0 Å². The van der Waals surface area contributed by atoms with Gasteiger partial charge in [0.15, 0.2) is 0 Å². The van der Waals surface area contributed by atoms with Crippen molar-refractivity contribution in [1.82, 2.24) is 10.2 Å². The van der Waals surface area contributed by atoms with Crippen molar-refractivity contribution in [3.63, 3.8) is 0 Å². The molecule has 4 aliphatic rings. The summed E-state index contributed by atoms with van der Waals surface area (Å²) in [5.74, 6) is 0.933. The smallest absolute Gasteiger partial charge is 0.0329 e. The van der Waals surface area contributed by atoms with Crippen molar-refractivity contribution in [2.75, 3.05) is 19.6 Å². The maximum Gasteiger partial charge on any atom is 0.0329 e. The van der Waals surface area contributed by atoms with Gasteiger partial charge in [0.05, 0.1) is 0 Å². The number of aryl methyl sites for hydroxylation is 1. The first-order valence-electron chi connectivity index (χ1n) is 7.46. The van der Waals surface area contributed by atoms with E-state index in [-0.39, 0.29) is 0 Å². The summed E-state index contributed by atoms with van der Waals surface area (Å²) in [5, 5.41) is 3.96. The lowest BCUT2D eigenvalue weighted by atomic mass is 9.83. The minimum absolute atomic E-state index is 0.617. The first-order chi connectivity index (χ1) is 8.90. The highest BCUT2D eigenvalue weighted by molar-refractivity contribution is 5.34. The fraction of sp³-hybridized carbons (Fsp3) is 0.625. The molecule has 2 atom stereocenters. The van der Waals surface area contributed by atoms with E-state index in [0.717, 1.165) is 12.0 Å². The lowest BCUT2D eigenvalue weighted by Crippen LogP contribution is -2.56. The Bertz CT molecular complexity index is 434. The Labute approximate surface area is 109 Å². The van der Waals surface area contributed by atoms with Crippen molar-refractivity contribution < 1.29 is 0 Å². The van der Waals surface area contributed by atoms with Crippen LogP contribution >= 0.6 is 0 Å². The molecule has 1 aromatic carbocycles. The van der Waals surface area contributed by atoms with E-state index in [0.29, 0.717) is 6.04 Å². The molecule has 3 saturated heterocycles. The fourth-order valence-corrected chi connectivity index (χ4v) is 4.14. The number of hydrogen-bond acceptors (Lipinski definition) is 2. The van der Waals surface area contributed by atoms with E-state index in [2.05, 4.69) is 34.5 Å². The number of piperidine rings is 3. The predicted octanol–water partition coefficient (Wildman–Crippen LogP) is 2.36. The molecule has 0 radical (unpaired) electrons. The zero-order valence-electron chi connectivity index (χ0n) is 10.9. The number of fused-ring (bicyclic) bond motifs is 4. The lowest BCUT2D eigenvalue weighted by Gasteiger charge is -2.46. The molecule has 2 unspecified atom stereocenters. The third-order valence-electron chi connectivity index (χ3n) is 5.20. The molecule has 1 aliphatic carbocycles. The fourth-order valence-electron chi connectivity index (χ4n) is 4.14. The number of hydrogen-bond donors (Lipinski definition) is 1. The monoisotopic (exact) mass is 242 g/mol. The summed E-state index contributed by atoms with van der Waals surface area (Å²) in [5.41, 5.74) is 3.13. The Morgan fingerprint density at radius 3 is 2.67 bits per heavy atom. The van der Waals surface area contributed by atoms with Gasteiger partial charge in [-0.3, -0.25) is 0 Å². The van der Waals surface area contributed by atoms with E-state index in [1.807, 2.05) is 0 Å². The topological polar surface area (TPSA) is 15.3 Å². The molecule has 3 heterocycles. The SMILES string of the molecule is c1ccc2c(c1)CCC2NC1CN2CCC1CC2. The lowest BCUT2D eigenvalue weighted by molar-refractivity contribution is 0.0670. The Balaban J connectivity index is 1.50. The van der Waals surface area contributed by atoms with Crippen LogP contribution in [0.4, 0.5) is 0 Å². The van der Waals surface area contributed by atoms with Crippen LogP contribution in [0.3, 0.4) is 0 Å². The van der Waals surface area contributed by atoms with Crippen LogP contribution in [0.25, 0.3) is 0 Å². The van der Waals surface area contributed by atoms with E-state index in [4.69, 9.17) is 0 Å². The summed E-state index contributed by atoms with van der Waals surface area (Å²) >= 11 is 0. The van der Waals surface area contributed by atoms with E-state index in [9.17, 15) is 0 Å². The van der Waals surface area contributed by atoms with Crippen molar-refractivity contribution in [1.29, 1.82) is 0 Å². The molecular formula is C16H22N2. The first-order valence-corrected chi connectivity index (χ1v) is 7.46. The average molecular weight is 242 g/mol. The van der Waals surface area contributed by atoms with Gasteiger partial charge in [0.1, 0.15) is 0 Å². The summed E-state index contributed by atoms with van der Waals surface area (Å²) in [7, 11) is 0. The van der Waals surface area contributed by atoms with Crippen molar-refractivity contribution >= 4 is 0 Å². The average Bonchev–Trinajstić information content (AvgIpc) is 2.84. The van der Waals surface area contributed by atoms with Crippen molar-refractivity contribution in [2.24, 2.45) is 5.92 Å². The number of nitrogens with zero attached hydrogens (tertiary/aromatic N) is 1. The zero-order chi connectivity index (χ0) is 11.9. The molecule has 96 valence electrons. The molecule has 0 spiro atoms. The molecule has 3 fully saturated rings. The van der Waals surface area contributed by atoms with Crippen LogP contribution in [-0.2, 0) is 6.42 Å². The third-order valence-corrected chi connectivity index (χ3v) is 5.20. The Kier molecular flexibility index (Phi) is 2.66. The Morgan fingerprint density at radius 1 is 1.06 bits per heavy atom. The second-order valence-electron chi connectivity index (χ2n) is 6.20. The van der Waals surface area contributed by atoms with Crippen molar-refractivity contribution in [3.05, 3.63) is 35.4 Å². The highest BCUT2D eigenvalue weighted by atomic mass is 15.2. The quantitative estimate of drug-likeness (QED) is 0.856. The van der Waals surface area contributed by atoms with Gasteiger partial charge in [0.25, 0.3) is 0 Å². The van der Waals surface area contributed by atoms with E-state index in [1.165, 1.54) is 45.3 Å². The summed E-state index contributed by atoms with van der Waals surface area (Å²) in [6, 6.07) is 10.3. The molecule has 2 nitrogen and oxygen atoms in total. The predicted molar refractivity (Wildman–Crippen MR) is 73.6 cm³/mol. The third kappa shape index (κ3) is 1.79. The van der Waals surface area contributed by atoms with Crippen LogP contribution in [0.2, 0.25) is 0 Å². The largest absolute Gasteiger partial charge is 0.306 e. The minimum atomic E-state index is 0.617. The minimum Gasteiger partial charge on any atom is -0.306 e. The molecule has 18 heavy (non-hydrogen) atoms. The van der Waals surface area contributed by atoms with Gasteiger partial charge >= 0.3 is 0 Å². The van der Waals surface area contributed by atoms with Gasteiger partial charge in [-0.2, -0.15) is 0 Å². The highest BCUT2D eigenvalue weighted by Crippen LogP contribution is 2.34. The number of nitrogens with one attached hydrogen (secondary N) is 1. The molecule has 0 saturated carbocycles. The van der Waals surface area contributed by atoms with Crippen molar-refractivity contribution in [2.45, 2.75) is 37.8 Å². The van der Waals surface area contributed by atoms with Gasteiger partial charge in [-0.15, -0.1) is 0 Å². The first kappa shape index (κ1) is 11.0. The maximum atomic E-state index is 3.96. The van der Waals surface area contributed by atoms with Crippen LogP contribution in [0, 0.1) is 5.92 Å². The molecule has 0 aromatic heterocycles. The second-order valence-corrected chi connectivity index (χ2v) is 6.20. The summed E-state index contributed by atoms with van der Waals surface area (Å²) in [6.07, 6.45) is 5.37. The van der Waals surface area contributed by atoms with Gasteiger partial charge in [0, 0.05) is 18.6 Å². The standard InChI is InChI=1S/C16H22N2/c1-2-4-14-12(3-1)5-6-15(14)17-16-11-18-9-7-13(16)8-10-18/h1-4,13,15-17H,5-11H2. The molecular weight excluding hydrogens is 220 g/mol. The van der Waals surface area contributed by atoms with Gasteiger partial charge < -0.3 is 10.2 Å². The number of rotatable bonds is 2. The molecule has 3 aliphatic heterocycles. The van der Waals surface area contributed by atoms with Gasteiger partial charge in [-0.25, -0.2) is 0 Å². The molecule has 2 heteroatoms. The van der Waals surface area contributed by atoms with Gasteiger partial charge in [-0.05, 0) is 55.8 Å². The summed E-state index contributed by atoms with van der Waals surface area (Å²) in [6.45, 7) is 3.96. The van der Waals surface area contributed by atoms with E-state index < -0.39 is 0 Å². The molecule has 1 aromatic rings. The summed E-state index contributed by atoms with van der Waals surface area (Å²) < 4.78 is 0. The van der Waals surface area contributed by atoms with E-state index in [1.54, 1.807) is 11.1 Å². The molecule has 5 rings (SSSR count).